The van der Waals surface area contributed by atoms with E-state index in [1.807, 2.05) is 42.5 Å². The molecule has 2 aliphatic heterocycles. The molecular formula is C26H22ClFN2O4S. The van der Waals surface area contributed by atoms with Crippen LogP contribution in [0.15, 0.2) is 65.6 Å². The van der Waals surface area contributed by atoms with E-state index in [2.05, 4.69) is 5.32 Å². The van der Waals surface area contributed by atoms with Gasteiger partial charge in [0.15, 0.2) is 11.5 Å². The van der Waals surface area contributed by atoms with E-state index in [4.69, 9.17) is 21.1 Å². The molecule has 180 valence electrons. The molecule has 0 fully saturated rings. The summed E-state index contributed by atoms with van der Waals surface area (Å²) in [5.74, 6) is -0.133. The molecular weight excluding hydrogens is 491 g/mol. The zero-order chi connectivity index (χ0) is 24.5. The maximum Gasteiger partial charge on any atom is 0.241 e. The second-order valence-electron chi connectivity index (χ2n) is 8.36. The number of fused-ring (bicyclic) bond motifs is 2. The predicted octanol–water partition coefficient (Wildman–Crippen LogP) is 5.17. The Balaban J connectivity index is 1.33. The molecule has 1 N–H and O–H groups in total. The number of nitrogens with one attached hydrogen (secondary N) is 1. The first kappa shape index (κ1) is 23.5. The maximum absolute atomic E-state index is 13.6. The van der Waals surface area contributed by atoms with Crippen molar-refractivity contribution in [2.24, 2.45) is 5.92 Å². The quantitative estimate of drug-likeness (QED) is 0.493. The van der Waals surface area contributed by atoms with Gasteiger partial charge in [0.25, 0.3) is 0 Å². The van der Waals surface area contributed by atoms with Gasteiger partial charge in [-0.3, -0.25) is 9.59 Å². The van der Waals surface area contributed by atoms with E-state index in [0.29, 0.717) is 23.6 Å². The van der Waals surface area contributed by atoms with Crippen molar-refractivity contribution in [1.29, 1.82) is 0 Å². The Morgan fingerprint density at radius 1 is 1.17 bits per heavy atom. The van der Waals surface area contributed by atoms with Crippen LogP contribution >= 0.6 is 23.4 Å². The average Bonchev–Trinajstić information content (AvgIpc) is 3.33. The topological polar surface area (TPSA) is 67.9 Å². The summed E-state index contributed by atoms with van der Waals surface area (Å²) in [6.45, 7) is 2.42. The van der Waals surface area contributed by atoms with Gasteiger partial charge >= 0.3 is 0 Å². The number of para-hydroxylation sites is 1. The summed E-state index contributed by atoms with van der Waals surface area (Å²) in [6.07, 6.45) is 0. The van der Waals surface area contributed by atoms with Crippen LogP contribution in [0.25, 0.3) is 0 Å². The molecule has 9 heteroatoms. The average molecular weight is 513 g/mol. The van der Waals surface area contributed by atoms with Crippen molar-refractivity contribution in [2.75, 3.05) is 11.7 Å². The molecule has 0 radical (unpaired) electrons. The van der Waals surface area contributed by atoms with Crippen LogP contribution in [0.3, 0.4) is 0 Å². The van der Waals surface area contributed by atoms with Gasteiger partial charge in [0, 0.05) is 16.5 Å². The van der Waals surface area contributed by atoms with Crippen LogP contribution in [0.4, 0.5) is 10.1 Å². The molecule has 0 aromatic heterocycles. The molecule has 6 nitrogen and oxygen atoms in total. The third-order valence-electron chi connectivity index (χ3n) is 6.03. The van der Waals surface area contributed by atoms with Crippen molar-refractivity contribution in [3.05, 3.63) is 82.6 Å². The van der Waals surface area contributed by atoms with Crippen LogP contribution in [0.1, 0.15) is 18.1 Å². The number of ether oxygens (including phenoxy) is 2. The van der Waals surface area contributed by atoms with Crippen LogP contribution in [0, 0.1) is 11.7 Å². The van der Waals surface area contributed by atoms with Gasteiger partial charge in [0.2, 0.25) is 18.6 Å². The minimum absolute atomic E-state index is 0.178. The summed E-state index contributed by atoms with van der Waals surface area (Å²) >= 11 is 7.62. The van der Waals surface area contributed by atoms with Crippen LogP contribution in [0.5, 0.6) is 11.5 Å². The zero-order valence-electron chi connectivity index (χ0n) is 18.8. The molecule has 2 amide bonds. The summed E-state index contributed by atoms with van der Waals surface area (Å²) in [6, 6.07) is 17.2. The molecule has 3 aromatic carbocycles. The predicted molar refractivity (Wildman–Crippen MR) is 132 cm³/mol. The summed E-state index contributed by atoms with van der Waals surface area (Å²) < 4.78 is 24.2. The summed E-state index contributed by atoms with van der Waals surface area (Å²) in [5.41, 5.74) is 2.24. The molecule has 0 unspecified atom stereocenters. The lowest BCUT2D eigenvalue weighted by Crippen LogP contribution is -2.47. The SMILES string of the molecule is C[C@H](C(=O)NCc1ccc2c(c1)OCO2)[C@@H]1Sc2ccccc2N(Cc2ccc(F)cc2Cl)C1=O. The first-order valence-corrected chi connectivity index (χ1v) is 12.3. The lowest BCUT2D eigenvalue weighted by Gasteiger charge is -2.36. The van der Waals surface area contributed by atoms with E-state index >= 15 is 0 Å². The Labute approximate surface area is 211 Å². The Bertz CT molecular complexity index is 1300. The lowest BCUT2D eigenvalue weighted by molar-refractivity contribution is -0.128. The number of benzene rings is 3. The van der Waals surface area contributed by atoms with E-state index < -0.39 is 17.0 Å². The number of hydrogen-bond donors (Lipinski definition) is 1. The first-order valence-electron chi connectivity index (χ1n) is 11.1. The highest BCUT2D eigenvalue weighted by Gasteiger charge is 2.39. The molecule has 35 heavy (non-hydrogen) atoms. The van der Waals surface area contributed by atoms with E-state index in [-0.39, 0.29) is 30.2 Å². The summed E-state index contributed by atoms with van der Waals surface area (Å²) in [4.78, 5) is 29.2. The number of carbonyl (C=O) groups is 2. The van der Waals surface area contributed by atoms with Crippen molar-refractivity contribution in [2.45, 2.75) is 30.2 Å². The lowest BCUT2D eigenvalue weighted by atomic mass is 10.0. The molecule has 5 rings (SSSR count). The third-order valence-corrected chi connectivity index (χ3v) is 7.85. The second-order valence-corrected chi connectivity index (χ2v) is 9.95. The van der Waals surface area contributed by atoms with Gasteiger partial charge in [-0.25, -0.2) is 4.39 Å². The van der Waals surface area contributed by atoms with Crippen molar-refractivity contribution in [3.8, 4) is 11.5 Å². The van der Waals surface area contributed by atoms with Gasteiger partial charge in [-0.1, -0.05) is 42.8 Å². The standard InChI is InChI=1S/C26H22ClFN2O4S/c1-15(25(31)29-12-16-6-9-21-22(10-16)34-14-33-21)24-26(32)30(20-4-2-3-5-23(20)35-24)13-17-7-8-18(28)11-19(17)27/h2-11,15,24H,12-14H2,1H3,(H,29,31)/t15-,24-/m0/s1. The molecule has 0 aliphatic carbocycles. The van der Waals surface area contributed by atoms with Crippen LogP contribution in [0.2, 0.25) is 5.02 Å². The van der Waals surface area contributed by atoms with Gasteiger partial charge < -0.3 is 19.7 Å². The molecule has 0 spiro atoms. The number of nitrogens with zero attached hydrogens (tertiary/aromatic N) is 1. The fourth-order valence-corrected chi connectivity index (χ4v) is 5.59. The molecule has 2 heterocycles. The number of halogens is 2. The summed E-state index contributed by atoms with van der Waals surface area (Å²) in [7, 11) is 0. The van der Waals surface area contributed by atoms with Crippen LogP contribution in [-0.4, -0.2) is 23.9 Å². The maximum atomic E-state index is 13.6. The van der Waals surface area contributed by atoms with Gasteiger partial charge in [-0.15, -0.1) is 11.8 Å². The summed E-state index contributed by atoms with van der Waals surface area (Å²) in [5, 5.41) is 2.55. The van der Waals surface area contributed by atoms with Crippen molar-refractivity contribution >= 4 is 40.9 Å². The molecule has 2 aliphatic rings. The Morgan fingerprint density at radius 3 is 2.80 bits per heavy atom. The van der Waals surface area contributed by atoms with E-state index in [9.17, 15) is 14.0 Å². The monoisotopic (exact) mass is 512 g/mol. The molecule has 0 saturated carbocycles. The van der Waals surface area contributed by atoms with Gasteiger partial charge in [0.1, 0.15) is 11.1 Å². The normalized spacial score (nSPS) is 17.2. The fourth-order valence-electron chi connectivity index (χ4n) is 4.08. The van der Waals surface area contributed by atoms with E-state index in [1.165, 1.54) is 23.9 Å². The number of rotatable bonds is 6. The number of thioether (sulfide) groups is 1. The zero-order valence-corrected chi connectivity index (χ0v) is 20.4. The van der Waals surface area contributed by atoms with Crippen molar-refractivity contribution < 1.29 is 23.5 Å². The molecule has 0 saturated heterocycles. The van der Waals surface area contributed by atoms with Crippen molar-refractivity contribution in [3.63, 3.8) is 0 Å². The number of hydrogen-bond acceptors (Lipinski definition) is 5. The number of amides is 2. The highest BCUT2D eigenvalue weighted by atomic mass is 35.5. The minimum atomic E-state index is -0.624. The van der Waals surface area contributed by atoms with Gasteiger partial charge in [-0.05, 0) is 47.5 Å². The van der Waals surface area contributed by atoms with Gasteiger partial charge in [-0.2, -0.15) is 0 Å². The van der Waals surface area contributed by atoms with E-state index in [0.717, 1.165) is 16.1 Å². The van der Waals surface area contributed by atoms with Crippen molar-refractivity contribution in [1.82, 2.24) is 5.32 Å². The first-order chi connectivity index (χ1) is 16.9. The van der Waals surface area contributed by atoms with Crippen LogP contribution < -0.4 is 19.7 Å². The Hall–Kier alpha value is -3.23. The second kappa shape index (κ2) is 9.79. The van der Waals surface area contributed by atoms with Gasteiger partial charge in [0.05, 0.1) is 18.2 Å². The molecule has 2 atom stereocenters. The molecule has 3 aromatic rings. The Kier molecular flexibility index (Phi) is 6.58. The Morgan fingerprint density at radius 2 is 1.97 bits per heavy atom. The highest BCUT2D eigenvalue weighted by Crippen LogP contribution is 2.42. The minimum Gasteiger partial charge on any atom is -0.454 e. The smallest absolute Gasteiger partial charge is 0.241 e. The number of carbonyl (C=O) groups excluding carboxylic acids is 2. The number of anilines is 1. The third kappa shape index (κ3) is 4.81. The van der Waals surface area contributed by atoms with E-state index in [1.54, 1.807) is 17.9 Å². The van der Waals surface area contributed by atoms with Crippen LogP contribution in [-0.2, 0) is 22.7 Å². The fraction of sp³-hybridized carbons (Fsp3) is 0.231. The highest BCUT2D eigenvalue weighted by molar-refractivity contribution is 8.01. The largest absolute Gasteiger partial charge is 0.454 e. The molecule has 0 bridgehead atoms.